The van der Waals surface area contributed by atoms with E-state index in [2.05, 4.69) is 14.7 Å². The highest BCUT2D eigenvalue weighted by Crippen LogP contribution is 2.00. The van der Waals surface area contributed by atoms with Crippen molar-refractivity contribution >= 4 is 27.6 Å². The number of rotatable bonds is 3. The Kier molecular flexibility index (Phi) is 2.35. The Morgan fingerprint density at radius 3 is 2.91 bits per heavy atom. The number of hydrogen-bond acceptors (Lipinski definition) is 3. The average Bonchev–Trinajstić information content (AvgIpc) is 2.39. The zero-order valence-corrected chi connectivity index (χ0v) is 6.98. The second kappa shape index (κ2) is 3.10. The van der Waals surface area contributed by atoms with Crippen molar-refractivity contribution in [2.24, 2.45) is 0 Å². The van der Waals surface area contributed by atoms with E-state index in [9.17, 15) is 8.42 Å². The van der Waals surface area contributed by atoms with Crippen molar-refractivity contribution < 1.29 is 8.42 Å². The van der Waals surface area contributed by atoms with Crippen molar-refractivity contribution in [1.29, 1.82) is 0 Å². The summed E-state index contributed by atoms with van der Waals surface area (Å²) in [7, 11) is -3.42. The van der Waals surface area contributed by atoms with Crippen molar-refractivity contribution in [2.45, 2.75) is 0 Å². The fourth-order valence-corrected chi connectivity index (χ4v) is 1.12. The molecule has 5 nitrogen and oxygen atoms in total. The van der Waals surface area contributed by atoms with Crippen LogP contribution in [0.5, 0.6) is 0 Å². The number of nitrogens with zero attached hydrogens (tertiary/aromatic N) is 1. The number of alkyl halides is 1. The smallest absolute Gasteiger partial charge is 0.249 e. The van der Waals surface area contributed by atoms with Gasteiger partial charge in [0.25, 0.3) is 0 Å². The SMILES string of the molecule is O=S(=O)(CCl)Nc1ncc[nH]1. The molecule has 1 heterocycles. The number of imidazole rings is 1. The van der Waals surface area contributed by atoms with Crippen LogP contribution in [-0.2, 0) is 10.0 Å². The summed E-state index contributed by atoms with van der Waals surface area (Å²) < 4.78 is 23.6. The lowest BCUT2D eigenvalue weighted by atomic mass is 11.0. The fraction of sp³-hybridized carbons (Fsp3) is 0.250. The van der Waals surface area contributed by atoms with E-state index < -0.39 is 15.2 Å². The Bertz CT molecular complexity index is 306. The van der Waals surface area contributed by atoms with Crippen LogP contribution < -0.4 is 4.72 Å². The largest absolute Gasteiger partial charge is 0.330 e. The van der Waals surface area contributed by atoms with Gasteiger partial charge in [0.15, 0.2) is 0 Å². The normalized spacial score (nSPS) is 11.4. The number of aromatic amines is 1. The third-order valence-corrected chi connectivity index (χ3v) is 2.55. The van der Waals surface area contributed by atoms with Gasteiger partial charge >= 0.3 is 0 Å². The van der Waals surface area contributed by atoms with E-state index in [-0.39, 0.29) is 5.95 Å². The minimum Gasteiger partial charge on any atom is -0.330 e. The van der Waals surface area contributed by atoms with Crippen molar-refractivity contribution in [2.75, 3.05) is 9.93 Å². The van der Waals surface area contributed by atoms with Crippen LogP contribution in [0.1, 0.15) is 0 Å². The van der Waals surface area contributed by atoms with Gasteiger partial charge < -0.3 is 4.98 Å². The third kappa shape index (κ3) is 2.39. The van der Waals surface area contributed by atoms with E-state index in [1.165, 1.54) is 12.4 Å². The molecule has 1 rings (SSSR count). The molecule has 0 saturated carbocycles. The Labute approximate surface area is 68.8 Å². The fourth-order valence-electron chi connectivity index (χ4n) is 0.496. The molecule has 0 aliphatic heterocycles. The summed E-state index contributed by atoms with van der Waals surface area (Å²) in [4.78, 5) is 6.21. The molecule has 0 aromatic carbocycles. The lowest BCUT2D eigenvalue weighted by molar-refractivity contribution is 0.605. The maximum absolute atomic E-state index is 10.8. The lowest BCUT2D eigenvalue weighted by Crippen LogP contribution is -2.14. The van der Waals surface area contributed by atoms with E-state index >= 15 is 0 Å². The summed E-state index contributed by atoms with van der Waals surface area (Å²) in [6, 6.07) is 0. The predicted octanol–water partition coefficient (Wildman–Crippen LogP) is 0.348. The number of nitrogens with one attached hydrogen (secondary N) is 2. The van der Waals surface area contributed by atoms with Gasteiger partial charge in [0.05, 0.1) is 0 Å². The van der Waals surface area contributed by atoms with Gasteiger partial charge in [-0.25, -0.2) is 13.4 Å². The number of sulfonamides is 1. The van der Waals surface area contributed by atoms with Gasteiger partial charge in [-0.15, -0.1) is 11.6 Å². The highest BCUT2D eigenvalue weighted by atomic mass is 35.5. The van der Waals surface area contributed by atoms with Gasteiger partial charge in [-0.05, 0) is 0 Å². The van der Waals surface area contributed by atoms with Crippen molar-refractivity contribution in [3.05, 3.63) is 12.4 Å². The number of anilines is 1. The average molecular weight is 196 g/mol. The summed E-state index contributed by atoms with van der Waals surface area (Å²) >= 11 is 5.12. The first kappa shape index (κ1) is 8.35. The first-order valence-electron chi connectivity index (χ1n) is 2.70. The highest BCUT2D eigenvalue weighted by molar-refractivity contribution is 7.93. The molecule has 1 aromatic rings. The molecule has 0 aliphatic carbocycles. The minimum absolute atomic E-state index is 0.172. The molecule has 0 fully saturated rings. The number of H-pyrrole nitrogens is 1. The van der Waals surface area contributed by atoms with Gasteiger partial charge in [0, 0.05) is 12.4 Å². The van der Waals surface area contributed by atoms with Crippen molar-refractivity contribution in [1.82, 2.24) is 9.97 Å². The standard InChI is InChI=1S/C4H6ClN3O2S/c5-3-11(9,10)8-4-6-1-2-7-4/h1-2H,3H2,(H2,6,7,8). The van der Waals surface area contributed by atoms with Crippen molar-refractivity contribution in [3.63, 3.8) is 0 Å². The number of halogens is 1. The van der Waals surface area contributed by atoms with Crippen LogP contribution in [0, 0.1) is 0 Å². The summed E-state index contributed by atoms with van der Waals surface area (Å²) in [5, 5.41) is -0.478. The maximum Gasteiger partial charge on any atom is 0.249 e. The summed E-state index contributed by atoms with van der Waals surface area (Å²) in [5.41, 5.74) is 0. The lowest BCUT2D eigenvalue weighted by Gasteiger charge is -1.98. The van der Waals surface area contributed by atoms with E-state index in [0.29, 0.717) is 0 Å². The van der Waals surface area contributed by atoms with Gasteiger partial charge in [0.2, 0.25) is 16.0 Å². The second-order valence-electron chi connectivity index (χ2n) is 1.76. The first-order valence-corrected chi connectivity index (χ1v) is 4.88. The van der Waals surface area contributed by atoms with Crippen LogP contribution in [0.25, 0.3) is 0 Å². The van der Waals surface area contributed by atoms with E-state index in [1.54, 1.807) is 0 Å². The van der Waals surface area contributed by atoms with Crippen LogP contribution in [0.15, 0.2) is 12.4 Å². The zero-order chi connectivity index (χ0) is 8.32. The molecule has 62 valence electrons. The number of aromatic nitrogens is 2. The summed E-state index contributed by atoms with van der Waals surface area (Å²) in [6.45, 7) is 0. The van der Waals surface area contributed by atoms with Gasteiger partial charge in [-0.2, -0.15) is 0 Å². The van der Waals surface area contributed by atoms with Gasteiger partial charge in [-0.3, -0.25) is 4.72 Å². The van der Waals surface area contributed by atoms with E-state index in [4.69, 9.17) is 11.6 Å². The molecule has 11 heavy (non-hydrogen) atoms. The summed E-state index contributed by atoms with van der Waals surface area (Å²) in [6.07, 6.45) is 2.94. The molecule has 2 N–H and O–H groups in total. The molecule has 0 unspecified atom stereocenters. The number of hydrogen-bond donors (Lipinski definition) is 2. The molecular formula is C4H6ClN3O2S. The Morgan fingerprint density at radius 1 is 1.73 bits per heavy atom. The van der Waals surface area contributed by atoms with Crippen LogP contribution in [0.2, 0.25) is 0 Å². The molecule has 7 heteroatoms. The predicted molar refractivity (Wildman–Crippen MR) is 41.9 cm³/mol. The maximum atomic E-state index is 10.8. The Morgan fingerprint density at radius 2 is 2.45 bits per heavy atom. The minimum atomic E-state index is -3.42. The Balaban J connectivity index is 2.72. The topological polar surface area (TPSA) is 74.8 Å². The monoisotopic (exact) mass is 195 g/mol. The molecule has 0 atom stereocenters. The molecule has 0 aliphatic rings. The molecule has 0 bridgehead atoms. The van der Waals surface area contributed by atoms with Crippen LogP contribution in [-0.4, -0.2) is 23.6 Å². The summed E-state index contributed by atoms with van der Waals surface area (Å²) in [5.74, 6) is 0.172. The van der Waals surface area contributed by atoms with Gasteiger partial charge in [0.1, 0.15) is 5.21 Å². The Hall–Kier alpha value is -0.750. The second-order valence-corrected chi connectivity index (χ2v) is 4.07. The molecule has 1 aromatic heterocycles. The molecule has 0 spiro atoms. The molecule has 0 saturated heterocycles. The van der Waals surface area contributed by atoms with Crippen LogP contribution in [0.4, 0.5) is 5.95 Å². The molecular weight excluding hydrogens is 190 g/mol. The zero-order valence-electron chi connectivity index (χ0n) is 5.41. The van der Waals surface area contributed by atoms with Crippen molar-refractivity contribution in [3.8, 4) is 0 Å². The highest BCUT2D eigenvalue weighted by Gasteiger charge is 2.08. The third-order valence-electron chi connectivity index (χ3n) is 0.894. The molecule has 0 radical (unpaired) electrons. The van der Waals surface area contributed by atoms with E-state index in [1.807, 2.05) is 0 Å². The molecule has 0 amide bonds. The van der Waals surface area contributed by atoms with E-state index in [0.717, 1.165) is 0 Å². The van der Waals surface area contributed by atoms with Crippen LogP contribution >= 0.6 is 11.6 Å². The van der Waals surface area contributed by atoms with Gasteiger partial charge in [-0.1, -0.05) is 0 Å². The quantitative estimate of drug-likeness (QED) is 0.684. The van der Waals surface area contributed by atoms with Crippen LogP contribution in [0.3, 0.4) is 0 Å². The first-order chi connectivity index (χ1) is 5.14.